The minimum atomic E-state index is -0.271. The summed E-state index contributed by atoms with van der Waals surface area (Å²) in [5, 5.41) is 0. The molecule has 0 spiro atoms. The molecule has 0 amide bonds. The van der Waals surface area contributed by atoms with Crippen LogP contribution in [0.4, 0.5) is 0 Å². The number of nitrogens with zero attached hydrogens (tertiary/aromatic N) is 1. The Labute approximate surface area is 119 Å². The molecule has 1 fully saturated rings. The Balaban J connectivity index is 2.01. The molecule has 0 bridgehead atoms. The average Bonchev–Trinajstić information content (AvgIpc) is 2.65. The van der Waals surface area contributed by atoms with Crippen molar-refractivity contribution in [3.8, 4) is 0 Å². The lowest BCUT2D eigenvalue weighted by Gasteiger charge is -2.33. The van der Waals surface area contributed by atoms with E-state index in [0.29, 0.717) is 0 Å². The molecular formula is C15H22N2OS. The van der Waals surface area contributed by atoms with Crippen molar-refractivity contribution in [2.24, 2.45) is 0 Å². The van der Waals surface area contributed by atoms with Crippen LogP contribution in [-0.2, 0) is 23.2 Å². The predicted octanol–water partition coefficient (Wildman–Crippen LogP) is 3.82. The first-order valence-corrected chi connectivity index (χ1v) is 7.86. The van der Waals surface area contributed by atoms with Crippen LogP contribution in [-0.4, -0.2) is 16.6 Å². The number of hydrogen-bond acceptors (Lipinski definition) is 3. The van der Waals surface area contributed by atoms with Gasteiger partial charge in [-0.2, -0.15) is 0 Å². The topological polar surface area (TPSA) is 37.9 Å². The van der Waals surface area contributed by atoms with Crippen LogP contribution in [0.2, 0.25) is 0 Å². The zero-order valence-corrected chi connectivity index (χ0v) is 12.4. The first-order chi connectivity index (χ1) is 9.19. The SMILES string of the molecule is CC1(c2nc(=S)c3c([nH]2)CCCCC3)CCCCO1. The van der Waals surface area contributed by atoms with Crippen molar-refractivity contribution < 1.29 is 4.74 Å². The Hall–Kier alpha value is -0.740. The molecular weight excluding hydrogens is 256 g/mol. The molecule has 1 aromatic rings. The second kappa shape index (κ2) is 5.33. The minimum Gasteiger partial charge on any atom is -0.367 e. The molecule has 0 saturated carbocycles. The maximum Gasteiger partial charge on any atom is 0.140 e. The highest BCUT2D eigenvalue weighted by Crippen LogP contribution is 2.33. The van der Waals surface area contributed by atoms with Gasteiger partial charge in [0.25, 0.3) is 0 Å². The van der Waals surface area contributed by atoms with Crippen LogP contribution in [0.15, 0.2) is 0 Å². The number of aryl methyl sites for hydroxylation is 1. The molecule has 0 radical (unpaired) electrons. The standard InChI is InChI=1S/C15H22N2OS/c1-15(9-5-6-10-18-15)14-16-12-8-4-2-3-7-11(12)13(19)17-14/h2-10H2,1H3,(H,16,17,19). The number of aromatic amines is 1. The zero-order valence-electron chi connectivity index (χ0n) is 11.6. The van der Waals surface area contributed by atoms with Crippen molar-refractivity contribution in [2.75, 3.05) is 6.61 Å². The fourth-order valence-electron chi connectivity index (χ4n) is 3.17. The largest absolute Gasteiger partial charge is 0.367 e. The van der Waals surface area contributed by atoms with E-state index in [2.05, 4.69) is 16.9 Å². The van der Waals surface area contributed by atoms with Gasteiger partial charge in [-0.3, -0.25) is 0 Å². The number of rotatable bonds is 1. The number of fused-ring (bicyclic) bond motifs is 1. The molecule has 1 N–H and O–H groups in total. The van der Waals surface area contributed by atoms with Gasteiger partial charge in [0, 0.05) is 17.9 Å². The van der Waals surface area contributed by atoms with E-state index in [1.165, 1.54) is 36.9 Å². The molecule has 1 aliphatic heterocycles. The highest BCUT2D eigenvalue weighted by molar-refractivity contribution is 7.71. The molecule has 1 atom stereocenters. The second-order valence-electron chi connectivity index (χ2n) is 5.94. The molecule has 1 unspecified atom stereocenters. The van der Waals surface area contributed by atoms with Crippen LogP contribution in [0.5, 0.6) is 0 Å². The fraction of sp³-hybridized carbons (Fsp3) is 0.733. The van der Waals surface area contributed by atoms with E-state index in [4.69, 9.17) is 17.0 Å². The van der Waals surface area contributed by atoms with Gasteiger partial charge in [0.2, 0.25) is 0 Å². The minimum absolute atomic E-state index is 0.271. The molecule has 3 rings (SSSR count). The van der Waals surface area contributed by atoms with Gasteiger partial charge in [0.15, 0.2) is 0 Å². The third-order valence-corrected chi connectivity index (χ3v) is 4.77. The van der Waals surface area contributed by atoms with E-state index in [0.717, 1.165) is 42.8 Å². The summed E-state index contributed by atoms with van der Waals surface area (Å²) in [6, 6.07) is 0. The summed E-state index contributed by atoms with van der Waals surface area (Å²) in [4.78, 5) is 8.21. The zero-order chi connectivity index (χ0) is 13.3. The average molecular weight is 278 g/mol. The Morgan fingerprint density at radius 1 is 1.16 bits per heavy atom. The molecule has 2 aliphatic rings. The lowest BCUT2D eigenvalue weighted by Crippen LogP contribution is -2.33. The van der Waals surface area contributed by atoms with Crippen LogP contribution in [0.3, 0.4) is 0 Å². The van der Waals surface area contributed by atoms with E-state index in [-0.39, 0.29) is 5.60 Å². The Morgan fingerprint density at radius 3 is 2.79 bits per heavy atom. The van der Waals surface area contributed by atoms with Gasteiger partial charge in [0.05, 0.1) is 0 Å². The Bertz CT molecular complexity index is 517. The molecule has 19 heavy (non-hydrogen) atoms. The summed E-state index contributed by atoms with van der Waals surface area (Å²) in [7, 11) is 0. The van der Waals surface area contributed by atoms with Gasteiger partial charge in [-0.25, -0.2) is 4.98 Å². The number of ether oxygens (including phenoxy) is 1. The molecule has 4 heteroatoms. The third-order valence-electron chi connectivity index (χ3n) is 4.43. The van der Waals surface area contributed by atoms with Gasteiger partial charge in [-0.05, 0) is 51.9 Å². The molecule has 104 valence electrons. The maximum absolute atomic E-state index is 5.99. The highest BCUT2D eigenvalue weighted by Gasteiger charge is 2.33. The van der Waals surface area contributed by atoms with Gasteiger partial charge < -0.3 is 9.72 Å². The first-order valence-electron chi connectivity index (χ1n) is 7.45. The summed E-state index contributed by atoms with van der Waals surface area (Å²) in [5.74, 6) is 0.942. The lowest BCUT2D eigenvalue weighted by molar-refractivity contribution is -0.0762. The third kappa shape index (κ3) is 2.61. The smallest absolute Gasteiger partial charge is 0.140 e. The van der Waals surface area contributed by atoms with E-state index in [1.54, 1.807) is 0 Å². The summed E-state index contributed by atoms with van der Waals surface area (Å²) in [6.07, 6.45) is 9.35. The van der Waals surface area contributed by atoms with Crippen molar-refractivity contribution in [3.05, 3.63) is 21.7 Å². The Morgan fingerprint density at radius 2 is 2.00 bits per heavy atom. The molecule has 1 aliphatic carbocycles. The van der Waals surface area contributed by atoms with Gasteiger partial charge in [0.1, 0.15) is 16.1 Å². The van der Waals surface area contributed by atoms with Crippen LogP contribution in [0.1, 0.15) is 62.5 Å². The second-order valence-corrected chi connectivity index (χ2v) is 6.33. The summed E-state index contributed by atoms with van der Waals surface area (Å²) < 4.78 is 6.78. The molecule has 1 saturated heterocycles. The van der Waals surface area contributed by atoms with Crippen molar-refractivity contribution in [1.29, 1.82) is 0 Å². The van der Waals surface area contributed by atoms with E-state index >= 15 is 0 Å². The summed E-state index contributed by atoms with van der Waals surface area (Å²) >= 11 is 5.52. The van der Waals surface area contributed by atoms with Crippen LogP contribution in [0, 0.1) is 4.64 Å². The van der Waals surface area contributed by atoms with E-state index in [1.807, 2.05) is 0 Å². The molecule has 3 nitrogen and oxygen atoms in total. The van der Waals surface area contributed by atoms with Crippen LogP contribution < -0.4 is 0 Å². The lowest BCUT2D eigenvalue weighted by atomic mass is 9.94. The van der Waals surface area contributed by atoms with E-state index < -0.39 is 0 Å². The predicted molar refractivity (Wildman–Crippen MR) is 77.8 cm³/mol. The van der Waals surface area contributed by atoms with Gasteiger partial charge >= 0.3 is 0 Å². The quantitative estimate of drug-likeness (QED) is 0.627. The monoisotopic (exact) mass is 278 g/mol. The van der Waals surface area contributed by atoms with Crippen molar-refractivity contribution >= 4 is 12.2 Å². The number of hydrogen-bond donors (Lipinski definition) is 1. The number of H-pyrrole nitrogens is 1. The molecule has 1 aromatic heterocycles. The van der Waals surface area contributed by atoms with Crippen LogP contribution >= 0.6 is 12.2 Å². The normalized spacial score (nSPS) is 27.6. The highest BCUT2D eigenvalue weighted by atomic mass is 32.1. The van der Waals surface area contributed by atoms with Crippen molar-refractivity contribution in [1.82, 2.24) is 9.97 Å². The van der Waals surface area contributed by atoms with Crippen molar-refractivity contribution in [3.63, 3.8) is 0 Å². The first kappa shape index (κ1) is 13.3. The van der Waals surface area contributed by atoms with E-state index in [9.17, 15) is 0 Å². The Kier molecular flexibility index (Phi) is 3.72. The maximum atomic E-state index is 5.99. The summed E-state index contributed by atoms with van der Waals surface area (Å²) in [5.41, 5.74) is 2.31. The molecule has 2 heterocycles. The molecule has 0 aromatic carbocycles. The van der Waals surface area contributed by atoms with Gasteiger partial charge in [-0.15, -0.1) is 0 Å². The van der Waals surface area contributed by atoms with Gasteiger partial charge in [-0.1, -0.05) is 18.6 Å². The van der Waals surface area contributed by atoms with Crippen molar-refractivity contribution in [2.45, 2.75) is 63.9 Å². The number of nitrogens with one attached hydrogen (secondary N) is 1. The summed E-state index contributed by atoms with van der Waals surface area (Å²) in [6.45, 7) is 2.97. The van der Waals surface area contributed by atoms with Crippen LogP contribution in [0.25, 0.3) is 0 Å². The number of aromatic nitrogens is 2. The fourth-order valence-corrected chi connectivity index (χ4v) is 3.48.